The monoisotopic (exact) mass is 287 g/mol. The highest BCUT2D eigenvalue weighted by Gasteiger charge is 2.16. The summed E-state index contributed by atoms with van der Waals surface area (Å²) < 4.78 is 13.4. The van der Waals surface area contributed by atoms with Crippen molar-refractivity contribution in [2.45, 2.75) is 19.5 Å². The third kappa shape index (κ3) is 2.83. The first-order valence-corrected chi connectivity index (χ1v) is 6.19. The molecular weight excluding hydrogens is 276 g/mol. The summed E-state index contributed by atoms with van der Waals surface area (Å²) >= 11 is 12.0. The zero-order valence-corrected chi connectivity index (χ0v) is 11.2. The van der Waals surface area contributed by atoms with Crippen molar-refractivity contribution in [2.24, 2.45) is 0 Å². The SMILES string of the molecule is CC(NCc1cnc[nH]1)c1c(Cl)ccc(F)c1Cl. The van der Waals surface area contributed by atoms with Crippen LogP contribution in [0, 0.1) is 5.82 Å². The molecule has 2 N–H and O–H groups in total. The molecule has 1 unspecified atom stereocenters. The molecule has 96 valence electrons. The number of aromatic nitrogens is 2. The third-order valence-corrected chi connectivity index (χ3v) is 3.38. The Morgan fingerprint density at radius 1 is 1.44 bits per heavy atom. The Morgan fingerprint density at radius 3 is 2.89 bits per heavy atom. The van der Waals surface area contributed by atoms with Gasteiger partial charge in [-0.3, -0.25) is 0 Å². The maximum absolute atomic E-state index is 13.4. The molecule has 1 atom stereocenters. The van der Waals surface area contributed by atoms with E-state index in [1.807, 2.05) is 6.92 Å². The summed E-state index contributed by atoms with van der Waals surface area (Å²) in [6.07, 6.45) is 3.32. The first-order chi connectivity index (χ1) is 8.59. The molecule has 1 heterocycles. The Bertz CT molecular complexity index is 528. The molecule has 2 rings (SSSR count). The number of imidazole rings is 1. The average molecular weight is 288 g/mol. The normalized spacial score (nSPS) is 12.7. The molecule has 0 spiro atoms. The number of nitrogens with zero attached hydrogens (tertiary/aromatic N) is 1. The van der Waals surface area contributed by atoms with Gasteiger partial charge in [-0.1, -0.05) is 23.2 Å². The van der Waals surface area contributed by atoms with Gasteiger partial charge in [-0.05, 0) is 19.1 Å². The van der Waals surface area contributed by atoms with Crippen LogP contribution in [0.3, 0.4) is 0 Å². The first-order valence-electron chi connectivity index (χ1n) is 5.43. The zero-order chi connectivity index (χ0) is 13.1. The topological polar surface area (TPSA) is 40.7 Å². The van der Waals surface area contributed by atoms with E-state index < -0.39 is 5.82 Å². The molecule has 2 aromatic rings. The van der Waals surface area contributed by atoms with Gasteiger partial charge in [-0.15, -0.1) is 0 Å². The summed E-state index contributed by atoms with van der Waals surface area (Å²) in [5.74, 6) is -0.466. The second kappa shape index (κ2) is 5.69. The van der Waals surface area contributed by atoms with Crippen molar-refractivity contribution in [3.05, 3.63) is 51.8 Å². The van der Waals surface area contributed by atoms with Crippen LogP contribution in [0.25, 0.3) is 0 Å². The molecule has 0 aliphatic heterocycles. The predicted molar refractivity (Wildman–Crippen MR) is 70.3 cm³/mol. The van der Waals surface area contributed by atoms with Gasteiger partial charge in [-0.25, -0.2) is 9.37 Å². The van der Waals surface area contributed by atoms with Crippen LogP contribution in [-0.4, -0.2) is 9.97 Å². The van der Waals surface area contributed by atoms with Crippen molar-refractivity contribution in [1.29, 1.82) is 0 Å². The molecule has 0 amide bonds. The lowest BCUT2D eigenvalue weighted by Gasteiger charge is -2.17. The van der Waals surface area contributed by atoms with Crippen molar-refractivity contribution < 1.29 is 4.39 Å². The third-order valence-electron chi connectivity index (χ3n) is 2.67. The highest BCUT2D eigenvalue weighted by molar-refractivity contribution is 6.36. The number of nitrogens with one attached hydrogen (secondary N) is 2. The summed E-state index contributed by atoms with van der Waals surface area (Å²) in [4.78, 5) is 6.89. The Balaban J connectivity index is 2.13. The highest BCUT2D eigenvalue weighted by atomic mass is 35.5. The van der Waals surface area contributed by atoms with Gasteiger partial charge in [0.1, 0.15) is 5.82 Å². The van der Waals surface area contributed by atoms with Crippen LogP contribution < -0.4 is 5.32 Å². The second-order valence-corrected chi connectivity index (χ2v) is 4.72. The fourth-order valence-corrected chi connectivity index (χ4v) is 2.38. The quantitative estimate of drug-likeness (QED) is 0.842. The lowest BCUT2D eigenvalue weighted by atomic mass is 10.1. The molecule has 0 saturated carbocycles. The lowest BCUT2D eigenvalue weighted by Crippen LogP contribution is -2.19. The molecule has 0 radical (unpaired) electrons. The molecule has 0 saturated heterocycles. The summed E-state index contributed by atoms with van der Waals surface area (Å²) in [6.45, 7) is 2.45. The summed E-state index contributed by atoms with van der Waals surface area (Å²) in [5.41, 5.74) is 1.50. The lowest BCUT2D eigenvalue weighted by molar-refractivity contribution is 0.561. The molecule has 3 nitrogen and oxygen atoms in total. The zero-order valence-electron chi connectivity index (χ0n) is 9.67. The minimum Gasteiger partial charge on any atom is -0.347 e. The van der Waals surface area contributed by atoms with E-state index in [0.29, 0.717) is 17.1 Å². The first kappa shape index (κ1) is 13.3. The molecule has 0 aliphatic rings. The van der Waals surface area contributed by atoms with Crippen LogP contribution in [-0.2, 0) is 6.54 Å². The Hall–Kier alpha value is -1.10. The van der Waals surface area contributed by atoms with E-state index in [2.05, 4.69) is 15.3 Å². The van der Waals surface area contributed by atoms with E-state index in [1.165, 1.54) is 12.1 Å². The van der Waals surface area contributed by atoms with Gasteiger partial charge in [0.25, 0.3) is 0 Å². The maximum atomic E-state index is 13.4. The van der Waals surface area contributed by atoms with E-state index in [0.717, 1.165) is 5.69 Å². The predicted octanol–water partition coefficient (Wildman–Crippen LogP) is 3.71. The Kier molecular flexibility index (Phi) is 4.22. The van der Waals surface area contributed by atoms with Crippen LogP contribution >= 0.6 is 23.2 Å². The fourth-order valence-electron chi connectivity index (χ4n) is 1.69. The standard InChI is InChI=1S/C12H12Cl2FN3/c1-7(17-5-8-4-16-6-18-8)11-9(13)2-3-10(15)12(11)14/h2-4,6-7,17H,5H2,1H3,(H,16,18). The number of H-pyrrole nitrogens is 1. The number of benzene rings is 1. The van der Waals surface area contributed by atoms with E-state index in [4.69, 9.17) is 23.2 Å². The van der Waals surface area contributed by atoms with Crippen molar-refractivity contribution in [3.63, 3.8) is 0 Å². The summed E-state index contributed by atoms with van der Waals surface area (Å²) in [5, 5.41) is 3.72. The van der Waals surface area contributed by atoms with Crippen molar-refractivity contribution in [1.82, 2.24) is 15.3 Å². The van der Waals surface area contributed by atoms with E-state index >= 15 is 0 Å². The van der Waals surface area contributed by atoms with Gasteiger partial charge < -0.3 is 10.3 Å². The van der Waals surface area contributed by atoms with Crippen LogP contribution in [0.15, 0.2) is 24.7 Å². The Morgan fingerprint density at radius 2 is 2.22 bits per heavy atom. The molecule has 6 heteroatoms. The Labute approximate surface area is 114 Å². The molecule has 1 aromatic carbocycles. The number of hydrogen-bond acceptors (Lipinski definition) is 2. The summed E-state index contributed by atoms with van der Waals surface area (Å²) in [6, 6.07) is 2.60. The molecule has 18 heavy (non-hydrogen) atoms. The molecule has 0 fully saturated rings. The summed E-state index contributed by atoms with van der Waals surface area (Å²) in [7, 11) is 0. The maximum Gasteiger partial charge on any atom is 0.142 e. The van der Waals surface area contributed by atoms with Gasteiger partial charge in [-0.2, -0.15) is 0 Å². The molecule has 0 aliphatic carbocycles. The second-order valence-electron chi connectivity index (χ2n) is 3.94. The van der Waals surface area contributed by atoms with Crippen molar-refractivity contribution in [2.75, 3.05) is 0 Å². The van der Waals surface area contributed by atoms with Gasteiger partial charge in [0.05, 0.1) is 11.3 Å². The fraction of sp³-hybridized carbons (Fsp3) is 0.250. The van der Waals surface area contributed by atoms with Crippen LogP contribution in [0.5, 0.6) is 0 Å². The minimum atomic E-state index is -0.466. The number of halogens is 3. The van der Waals surface area contributed by atoms with Crippen LogP contribution in [0.2, 0.25) is 10.0 Å². The number of aromatic amines is 1. The average Bonchev–Trinajstić information content (AvgIpc) is 2.85. The van der Waals surface area contributed by atoms with E-state index in [-0.39, 0.29) is 11.1 Å². The van der Waals surface area contributed by atoms with Crippen molar-refractivity contribution >= 4 is 23.2 Å². The highest BCUT2D eigenvalue weighted by Crippen LogP contribution is 2.32. The molecular formula is C12H12Cl2FN3. The smallest absolute Gasteiger partial charge is 0.142 e. The minimum absolute atomic E-state index is 0.0621. The number of hydrogen-bond donors (Lipinski definition) is 2. The van der Waals surface area contributed by atoms with Gasteiger partial charge in [0, 0.05) is 35.1 Å². The van der Waals surface area contributed by atoms with Gasteiger partial charge in [0.15, 0.2) is 0 Å². The van der Waals surface area contributed by atoms with Crippen LogP contribution in [0.4, 0.5) is 4.39 Å². The van der Waals surface area contributed by atoms with Crippen LogP contribution in [0.1, 0.15) is 24.2 Å². The van der Waals surface area contributed by atoms with Crippen molar-refractivity contribution in [3.8, 4) is 0 Å². The van der Waals surface area contributed by atoms with E-state index in [9.17, 15) is 4.39 Å². The molecule has 1 aromatic heterocycles. The van der Waals surface area contributed by atoms with Gasteiger partial charge >= 0.3 is 0 Å². The van der Waals surface area contributed by atoms with Gasteiger partial charge in [0.2, 0.25) is 0 Å². The molecule has 0 bridgehead atoms. The van der Waals surface area contributed by atoms with E-state index in [1.54, 1.807) is 12.5 Å². The largest absolute Gasteiger partial charge is 0.347 e. The number of rotatable bonds is 4.